The molecule has 0 aromatic heterocycles. The van der Waals surface area contributed by atoms with Crippen LogP contribution in [0.2, 0.25) is 0 Å². The quantitative estimate of drug-likeness (QED) is 0.919. The maximum Gasteiger partial charge on any atom is 0.122 e. The van der Waals surface area contributed by atoms with Crippen LogP contribution in [-0.4, -0.2) is 32.0 Å². The Labute approximate surface area is 144 Å². The Balaban J connectivity index is 1.72. The number of rotatable bonds is 3. The van der Waals surface area contributed by atoms with Gasteiger partial charge in [0.05, 0.1) is 26.4 Å². The van der Waals surface area contributed by atoms with E-state index in [2.05, 4.69) is 26.0 Å². The van der Waals surface area contributed by atoms with Gasteiger partial charge in [-0.25, -0.2) is 0 Å². The van der Waals surface area contributed by atoms with Crippen LogP contribution < -0.4 is 9.47 Å². The van der Waals surface area contributed by atoms with Crippen LogP contribution in [0.15, 0.2) is 18.2 Å². The van der Waals surface area contributed by atoms with Crippen LogP contribution in [0, 0.1) is 22.7 Å². The molecule has 1 aromatic rings. The monoisotopic (exact) mass is 332 g/mol. The molecule has 24 heavy (non-hydrogen) atoms. The van der Waals surface area contributed by atoms with Gasteiger partial charge in [0.25, 0.3) is 0 Å². The minimum atomic E-state index is -0.243. The molecule has 0 amide bonds. The summed E-state index contributed by atoms with van der Waals surface area (Å²) >= 11 is 0. The third-order valence-corrected chi connectivity index (χ3v) is 7.14. The Morgan fingerprint density at radius 3 is 2.38 bits per heavy atom. The van der Waals surface area contributed by atoms with Crippen LogP contribution in [0.4, 0.5) is 0 Å². The van der Waals surface area contributed by atoms with Gasteiger partial charge in [-0.05, 0) is 54.2 Å². The Hall–Kier alpha value is -1.26. The number of aliphatic hydroxyl groups is 1. The molecule has 1 aliphatic heterocycles. The molecule has 1 aromatic carbocycles. The fourth-order valence-electron chi connectivity index (χ4n) is 5.74. The van der Waals surface area contributed by atoms with Crippen LogP contribution in [0.3, 0.4) is 0 Å². The Kier molecular flexibility index (Phi) is 3.63. The van der Waals surface area contributed by atoms with E-state index in [0.717, 1.165) is 36.3 Å². The van der Waals surface area contributed by atoms with Gasteiger partial charge in [-0.3, -0.25) is 0 Å². The second kappa shape index (κ2) is 5.37. The van der Waals surface area contributed by atoms with Crippen LogP contribution in [0.1, 0.15) is 44.8 Å². The highest BCUT2D eigenvalue weighted by atomic mass is 16.5. The number of hydrogen-bond acceptors (Lipinski definition) is 4. The molecule has 4 nitrogen and oxygen atoms in total. The van der Waals surface area contributed by atoms with Crippen molar-refractivity contribution in [2.75, 3.05) is 20.8 Å². The fraction of sp³-hybridized carbons (Fsp3) is 0.700. The van der Waals surface area contributed by atoms with Crippen molar-refractivity contribution in [2.24, 2.45) is 22.7 Å². The molecule has 0 radical (unpaired) electrons. The summed E-state index contributed by atoms with van der Waals surface area (Å²) in [6.07, 6.45) is 3.00. The predicted octanol–water partition coefficient (Wildman–Crippen LogP) is 3.58. The first-order valence-corrected chi connectivity index (χ1v) is 8.95. The van der Waals surface area contributed by atoms with Gasteiger partial charge < -0.3 is 19.3 Å². The van der Waals surface area contributed by atoms with E-state index in [9.17, 15) is 5.11 Å². The molecule has 1 heterocycles. The van der Waals surface area contributed by atoms with Crippen molar-refractivity contribution in [3.8, 4) is 11.5 Å². The van der Waals surface area contributed by atoms with E-state index < -0.39 is 0 Å². The summed E-state index contributed by atoms with van der Waals surface area (Å²) in [6, 6.07) is 5.99. The minimum Gasteiger partial charge on any atom is -0.497 e. The smallest absolute Gasteiger partial charge is 0.122 e. The molecule has 5 atom stereocenters. The molecule has 2 aliphatic carbocycles. The van der Waals surface area contributed by atoms with Gasteiger partial charge in [-0.1, -0.05) is 13.8 Å². The minimum absolute atomic E-state index is 0.00734. The molecule has 132 valence electrons. The molecule has 3 fully saturated rings. The van der Waals surface area contributed by atoms with Crippen molar-refractivity contribution in [1.29, 1.82) is 0 Å². The second-order valence-corrected chi connectivity index (χ2v) is 8.39. The van der Waals surface area contributed by atoms with E-state index in [1.165, 1.54) is 0 Å². The lowest BCUT2D eigenvalue weighted by molar-refractivity contribution is -0.164. The number of hydrogen-bond donors (Lipinski definition) is 1. The Bertz CT molecular complexity index is 618. The number of fused-ring (bicyclic) bond motifs is 1. The van der Waals surface area contributed by atoms with Gasteiger partial charge in [0.1, 0.15) is 11.5 Å². The lowest BCUT2D eigenvalue weighted by atomic mass is 9.60. The summed E-state index contributed by atoms with van der Waals surface area (Å²) in [5, 5.41) is 11.1. The SMILES string of the molecule is COc1cc(OC)cc([C@H]2OCCC34C[C@@H](C[C@H]23)C(C)(C)[C@H]4O)c1. The van der Waals surface area contributed by atoms with E-state index in [4.69, 9.17) is 14.2 Å². The first kappa shape index (κ1) is 16.2. The van der Waals surface area contributed by atoms with Crippen LogP contribution in [0.25, 0.3) is 0 Å². The molecule has 4 rings (SSSR count). The molecule has 2 bridgehead atoms. The molecule has 4 heteroatoms. The van der Waals surface area contributed by atoms with Gasteiger partial charge in [-0.2, -0.15) is 0 Å². The van der Waals surface area contributed by atoms with Crippen molar-refractivity contribution in [3.63, 3.8) is 0 Å². The highest BCUT2D eigenvalue weighted by molar-refractivity contribution is 5.40. The molecular formula is C20H28O4. The van der Waals surface area contributed by atoms with Crippen molar-refractivity contribution in [1.82, 2.24) is 0 Å². The first-order valence-electron chi connectivity index (χ1n) is 8.95. The summed E-state index contributed by atoms with van der Waals surface area (Å²) in [7, 11) is 3.34. The summed E-state index contributed by atoms with van der Waals surface area (Å²) in [6.45, 7) is 5.17. The van der Waals surface area contributed by atoms with E-state index in [1.54, 1.807) is 14.2 Å². The molecule has 1 spiro atoms. The average Bonchev–Trinajstić information content (AvgIpc) is 3.08. The highest BCUT2D eigenvalue weighted by Crippen LogP contribution is 2.70. The molecule has 1 saturated heterocycles. The molecular weight excluding hydrogens is 304 g/mol. The molecule has 1 N–H and O–H groups in total. The largest absolute Gasteiger partial charge is 0.497 e. The zero-order valence-corrected chi connectivity index (χ0v) is 15.0. The maximum absolute atomic E-state index is 11.1. The Morgan fingerprint density at radius 1 is 1.12 bits per heavy atom. The van der Waals surface area contributed by atoms with Crippen LogP contribution >= 0.6 is 0 Å². The number of ether oxygens (including phenoxy) is 3. The number of methoxy groups -OCH3 is 2. The summed E-state index contributed by atoms with van der Waals surface area (Å²) < 4.78 is 17.1. The van der Waals surface area contributed by atoms with Gasteiger partial charge >= 0.3 is 0 Å². The average molecular weight is 332 g/mol. The lowest BCUT2D eigenvalue weighted by Crippen LogP contribution is -2.51. The summed E-state index contributed by atoms with van der Waals surface area (Å²) in [4.78, 5) is 0. The van der Waals surface area contributed by atoms with Gasteiger partial charge in [0, 0.05) is 18.1 Å². The van der Waals surface area contributed by atoms with Gasteiger partial charge in [0.15, 0.2) is 0 Å². The molecule has 2 saturated carbocycles. The van der Waals surface area contributed by atoms with E-state index in [0.29, 0.717) is 18.4 Å². The zero-order valence-electron chi connectivity index (χ0n) is 15.0. The van der Waals surface area contributed by atoms with E-state index in [1.807, 2.05) is 6.07 Å². The van der Waals surface area contributed by atoms with Gasteiger partial charge in [0.2, 0.25) is 0 Å². The second-order valence-electron chi connectivity index (χ2n) is 8.39. The van der Waals surface area contributed by atoms with Crippen LogP contribution in [0.5, 0.6) is 11.5 Å². The maximum atomic E-state index is 11.1. The lowest BCUT2D eigenvalue weighted by Gasteiger charge is -2.51. The normalized spacial score (nSPS) is 39.5. The molecule has 1 unspecified atom stereocenters. The first-order chi connectivity index (χ1) is 11.4. The third kappa shape index (κ3) is 2.05. The van der Waals surface area contributed by atoms with E-state index in [-0.39, 0.29) is 23.0 Å². The standard InChI is InChI=1S/C20H28O4/c1-19(2)13-9-16-17(24-6-5-20(16,11-13)18(19)21)12-7-14(22-3)10-15(8-12)23-4/h7-8,10,13,16-18,21H,5-6,9,11H2,1-4H3/t13-,16-,17-,18-,20?/m1/s1. The summed E-state index contributed by atoms with van der Waals surface area (Å²) in [5.41, 5.74) is 1.13. The third-order valence-electron chi connectivity index (χ3n) is 7.14. The predicted molar refractivity (Wildman–Crippen MR) is 91.3 cm³/mol. The van der Waals surface area contributed by atoms with Crippen molar-refractivity contribution in [2.45, 2.75) is 45.3 Å². The van der Waals surface area contributed by atoms with E-state index >= 15 is 0 Å². The van der Waals surface area contributed by atoms with Gasteiger partial charge in [-0.15, -0.1) is 0 Å². The van der Waals surface area contributed by atoms with Crippen LogP contribution in [-0.2, 0) is 4.74 Å². The van der Waals surface area contributed by atoms with Crippen molar-refractivity contribution in [3.05, 3.63) is 23.8 Å². The van der Waals surface area contributed by atoms with Crippen molar-refractivity contribution < 1.29 is 19.3 Å². The molecule has 3 aliphatic rings. The number of benzene rings is 1. The Morgan fingerprint density at radius 2 is 1.79 bits per heavy atom. The summed E-state index contributed by atoms with van der Waals surface area (Å²) in [5.74, 6) is 2.53. The van der Waals surface area contributed by atoms with Crippen molar-refractivity contribution >= 4 is 0 Å². The topological polar surface area (TPSA) is 47.9 Å². The highest BCUT2D eigenvalue weighted by Gasteiger charge is 2.68. The fourth-order valence-corrected chi connectivity index (χ4v) is 5.74. The number of aliphatic hydroxyl groups excluding tert-OH is 1. The zero-order chi connectivity index (χ0) is 17.1.